The first-order chi connectivity index (χ1) is 14.5. The molecule has 3 rings (SSSR count). The lowest BCUT2D eigenvalue weighted by atomic mass is 10.2. The molecule has 2 heterocycles. The van der Waals surface area contributed by atoms with Crippen molar-refractivity contribution in [1.29, 1.82) is 0 Å². The fourth-order valence-electron chi connectivity index (χ4n) is 2.90. The summed E-state index contributed by atoms with van der Waals surface area (Å²) in [7, 11) is 0. The largest absolute Gasteiger partial charge is 0.360 e. The third-order valence-electron chi connectivity index (χ3n) is 4.38. The van der Waals surface area contributed by atoms with Gasteiger partial charge in [0.25, 0.3) is 0 Å². The number of hydrogen-bond acceptors (Lipinski definition) is 6. The van der Waals surface area contributed by atoms with E-state index in [1.54, 1.807) is 41.8 Å². The van der Waals surface area contributed by atoms with Gasteiger partial charge in [0, 0.05) is 12.6 Å². The van der Waals surface area contributed by atoms with Crippen molar-refractivity contribution < 1.29 is 13.7 Å². The third-order valence-corrected chi connectivity index (χ3v) is 5.63. The zero-order valence-corrected chi connectivity index (χ0v) is 17.8. The highest BCUT2D eigenvalue weighted by Gasteiger charge is 2.25. The van der Waals surface area contributed by atoms with E-state index in [9.17, 15) is 9.18 Å². The van der Waals surface area contributed by atoms with Crippen LogP contribution in [0.1, 0.15) is 31.9 Å². The predicted molar refractivity (Wildman–Crippen MR) is 115 cm³/mol. The lowest BCUT2D eigenvalue weighted by Gasteiger charge is -2.15. The monoisotopic (exact) mass is 429 g/mol. The molecule has 30 heavy (non-hydrogen) atoms. The lowest BCUT2D eigenvalue weighted by molar-refractivity contribution is -0.115. The maximum absolute atomic E-state index is 14.3. The second-order valence-corrected chi connectivity index (χ2v) is 7.92. The number of carbonyl (C=O) groups is 1. The molecule has 0 fully saturated rings. The van der Waals surface area contributed by atoms with E-state index >= 15 is 0 Å². The molecule has 1 aromatic carbocycles. The Morgan fingerprint density at radius 2 is 2.20 bits per heavy atom. The Morgan fingerprint density at radius 1 is 1.40 bits per heavy atom. The number of halogens is 1. The smallest absolute Gasteiger partial charge is 0.239 e. The molecule has 1 atom stereocenters. The summed E-state index contributed by atoms with van der Waals surface area (Å²) in [4.78, 5) is 12.9. The lowest BCUT2D eigenvalue weighted by Crippen LogP contribution is -2.26. The molecule has 0 bridgehead atoms. The number of benzene rings is 1. The number of aryl methyl sites for hydroxylation is 1. The summed E-state index contributed by atoms with van der Waals surface area (Å²) in [6.07, 6.45) is 4.17. The van der Waals surface area contributed by atoms with Gasteiger partial charge in [-0.3, -0.25) is 9.36 Å². The van der Waals surface area contributed by atoms with Crippen LogP contribution in [0.5, 0.6) is 0 Å². The van der Waals surface area contributed by atoms with Crippen molar-refractivity contribution in [2.24, 2.45) is 0 Å². The van der Waals surface area contributed by atoms with Gasteiger partial charge in [-0.25, -0.2) is 4.39 Å². The van der Waals surface area contributed by atoms with Gasteiger partial charge in [0.05, 0.1) is 10.8 Å². The van der Waals surface area contributed by atoms with E-state index < -0.39 is 5.25 Å². The van der Waals surface area contributed by atoms with Gasteiger partial charge in [0.15, 0.2) is 16.8 Å². The van der Waals surface area contributed by atoms with Crippen LogP contribution < -0.4 is 5.32 Å². The highest BCUT2D eigenvalue weighted by molar-refractivity contribution is 8.00. The van der Waals surface area contributed by atoms with Crippen molar-refractivity contribution >= 4 is 23.5 Å². The minimum absolute atomic E-state index is 0.192. The molecule has 9 heteroatoms. The van der Waals surface area contributed by atoms with Crippen molar-refractivity contribution in [2.45, 2.75) is 50.1 Å². The van der Waals surface area contributed by atoms with E-state index in [1.807, 2.05) is 0 Å². The number of carbonyl (C=O) groups excluding carboxylic acids is 1. The van der Waals surface area contributed by atoms with Crippen LogP contribution in [0, 0.1) is 12.7 Å². The van der Waals surface area contributed by atoms with Gasteiger partial charge >= 0.3 is 0 Å². The van der Waals surface area contributed by atoms with Crippen molar-refractivity contribution in [3.63, 3.8) is 0 Å². The van der Waals surface area contributed by atoms with Gasteiger partial charge in [-0.15, -0.1) is 16.8 Å². The molecule has 0 aliphatic heterocycles. The summed E-state index contributed by atoms with van der Waals surface area (Å²) in [6, 6.07) is 8.07. The normalized spacial score (nSPS) is 12.0. The summed E-state index contributed by atoms with van der Waals surface area (Å²) in [5.74, 6) is 0.815. The minimum Gasteiger partial charge on any atom is -0.360 e. The molecule has 2 aromatic heterocycles. The number of nitrogens with zero attached hydrogens (tertiary/aromatic N) is 4. The van der Waals surface area contributed by atoms with E-state index in [0.29, 0.717) is 41.1 Å². The molecule has 0 spiro atoms. The first kappa shape index (κ1) is 21.8. The number of unbranched alkanes of at least 4 members (excludes halogenated alkanes) is 1. The van der Waals surface area contributed by atoms with Crippen LogP contribution in [-0.4, -0.2) is 31.1 Å². The van der Waals surface area contributed by atoms with Crippen LogP contribution in [0.25, 0.3) is 11.4 Å². The van der Waals surface area contributed by atoms with E-state index in [1.165, 1.54) is 17.8 Å². The Kier molecular flexibility index (Phi) is 7.40. The van der Waals surface area contributed by atoms with E-state index in [-0.39, 0.29) is 11.7 Å². The zero-order valence-electron chi connectivity index (χ0n) is 17.0. The molecule has 7 nitrogen and oxygen atoms in total. The third kappa shape index (κ3) is 5.15. The number of amides is 1. The van der Waals surface area contributed by atoms with Crippen LogP contribution >= 0.6 is 11.8 Å². The van der Waals surface area contributed by atoms with Crippen LogP contribution in [-0.2, 0) is 11.3 Å². The summed E-state index contributed by atoms with van der Waals surface area (Å²) >= 11 is 1.30. The number of nitrogens with one attached hydrogen (secondary N) is 1. The quantitative estimate of drug-likeness (QED) is 0.366. The maximum Gasteiger partial charge on any atom is 0.239 e. The molecule has 158 valence electrons. The van der Waals surface area contributed by atoms with Crippen LogP contribution in [0.2, 0.25) is 0 Å². The first-order valence-corrected chi connectivity index (χ1v) is 10.6. The van der Waals surface area contributed by atoms with E-state index in [2.05, 4.69) is 34.2 Å². The summed E-state index contributed by atoms with van der Waals surface area (Å²) < 4.78 is 21.1. The van der Waals surface area contributed by atoms with Gasteiger partial charge in [0.2, 0.25) is 5.91 Å². The molecule has 0 radical (unpaired) electrons. The summed E-state index contributed by atoms with van der Waals surface area (Å²) in [5.41, 5.74) is 0.353. The van der Waals surface area contributed by atoms with Gasteiger partial charge in [-0.2, -0.15) is 0 Å². The highest BCUT2D eigenvalue weighted by Crippen LogP contribution is 2.30. The van der Waals surface area contributed by atoms with Crippen molar-refractivity contribution in [2.75, 3.05) is 5.32 Å². The molecule has 0 aliphatic rings. The van der Waals surface area contributed by atoms with Crippen LogP contribution in [0.4, 0.5) is 10.2 Å². The standard InChI is InChI=1S/C21H24FN5O2S/c1-4-6-11-17(20(28)23-18-13-14(3)29-26-18)30-21-25-24-19(27(21)12-5-2)15-9-7-8-10-16(15)22/h5,7-10,13,17H,2,4,6,11-12H2,1,3H3,(H,23,26,28). The summed E-state index contributed by atoms with van der Waals surface area (Å²) in [5, 5.41) is 15.2. The number of anilines is 1. The first-order valence-electron chi connectivity index (χ1n) is 9.73. The SMILES string of the molecule is C=CCn1c(SC(CCCC)C(=O)Nc2cc(C)on2)nnc1-c1ccccc1F. The van der Waals surface area contributed by atoms with Crippen LogP contribution in [0.3, 0.4) is 0 Å². The number of hydrogen-bond donors (Lipinski definition) is 1. The van der Waals surface area contributed by atoms with E-state index in [4.69, 9.17) is 4.52 Å². The fourth-order valence-corrected chi connectivity index (χ4v) is 3.98. The molecule has 1 unspecified atom stereocenters. The summed E-state index contributed by atoms with van der Waals surface area (Å²) in [6.45, 7) is 8.00. The van der Waals surface area contributed by atoms with Crippen molar-refractivity contribution in [1.82, 2.24) is 19.9 Å². The number of allylic oxidation sites excluding steroid dienone is 1. The average Bonchev–Trinajstić information content (AvgIpc) is 3.31. The Hall–Kier alpha value is -2.94. The van der Waals surface area contributed by atoms with E-state index in [0.717, 1.165) is 12.8 Å². The van der Waals surface area contributed by atoms with Gasteiger partial charge in [-0.05, 0) is 25.5 Å². The molecule has 3 aromatic rings. The number of rotatable bonds is 10. The Balaban J connectivity index is 1.87. The van der Waals surface area contributed by atoms with Crippen LogP contribution in [0.15, 0.2) is 52.7 Å². The zero-order chi connectivity index (χ0) is 21.5. The van der Waals surface area contributed by atoms with Crippen molar-refractivity contribution in [3.8, 4) is 11.4 Å². The molecule has 1 amide bonds. The van der Waals surface area contributed by atoms with Gasteiger partial charge in [0.1, 0.15) is 11.6 Å². The predicted octanol–water partition coefficient (Wildman–Crippen LogP) is 4.86. The Labute approximate surface area is 178 Å². The molecular weight excluding hydrogens is 405 g/mol. The Morgan fingerprint density at radius 3 is 2.87 bits per heavy atom. The second-order valence-electron chi connectivity index (χ2n) is 6.75. The van der Waals surface area contributed by atoms with Crippen molar-refractivity contribution in [3.05, 3.63) is 54.6 Å². The second kappa shape index (κ2) is 10.2. The molecule has 0 saturated heterocycles. The number of thioether (sulfide) groups is 1. The topological polar surface area (TPSA) is 85.8 Å². The van der Waals surface area contributed by atoms with Gasteiger partial charge in [-0.1, -0.05) is 54.9 Å². The number of aromatic nitrogens is 4. The fraction of sp³-hybridized carbons (Fsp3) is 0.333. The molecule has 1 N–H and O–H groups in total. The maximum atomic E-state index is 14.3. The minimum atomic E-state index is -0.414. The molecule has 0 aliphatic carbocycles. The average molecular weight is 430 g/mol. The Bertz CT molecular complexity index is 1020. The van der Waals surface area contributed by atoms with Gasteiger partial charge < -0.3 is 9.84 Å². The molecular formula is C21H24FN5O2S. The molecule has 0 saturated carbocycles. The highest BCUT2D eigenvalue weighted by atomic mass is 32.2.